The Morgan fingerprint density at radius 3 is 2.21 bits per heavy atom. The first-order valence-electron chi connectivity index (χ1n) is 4.68. The van der Waals surface area contributed by atoms with Gasteiger partial charge in [0.25, 0.3) is 0 Å². The van der Waals surface area contributed by atoms with Gasteiger partial charge in [-0.3, -0.25) is 0 Å². The Labute approximate surface area is 89.3 Å². The van der Waals surface area contributed by atoms with E-state index in [4.69, 9.17) is 5.73 Å². The number of halogens is 3. The molecule has 14 heavy (non-hydrogen) atoms. The van der Waals surface area contributed by atoms with Gasteiger partial charge in [-0.1, -0.05) is 0 Å². The van der Waals surface area contributed by atoms with Crippen molar-refractivity contribution in [2.75, 3.05) is 6.54 Å². The predicted molar refractivity (Wildman–Crippen MR) is 53.8 cm³/mol. The molecule has 0 aromatic heterocycles. The Morgan fingerprint density at radius 2 is 1.86 bits per heavy atom. The highest BCUT2D eigenvalue weighted by Crippen LogP contribution is 2.40. The van der Waals surface area contributed by atoms with Crippen LogP contribution in [0.3, 0.4) is 0 Å². The minimum Gasteiger partial charge on any atom is -0.389 e. The molecule has 1 atom stereocenters. The minimum absolute atomic E-state index is 0. The molecule has 5 heteroatoms. The third-order valence-corrected chi connectivity index (χ3v) is 3.01. The molecule has 0 aromatic rings. The second-order valence-electron chi connectivity index (χ2n) is 4.19. The molecular weight excluding hydrogens is 212 g/mol. The highest BCUT2D eigenvalue weighted by molar-refractivity contribution is 5.85. The Hall–Kier alpha value is 0.0700. The summed E-state index contributed by atoms with van der Waals surface area (Å²) in [5.74, 6) is -2.60. The van der Waals surface area contributed by atoms with Gasteiger partial charge < -0.3 is 10.8 Å². The van der Waals surface area contributed by atoms with E-state index < -0.39 is 11.5 Å². The van der Waals surface area contributed by atoms with Gasteiger partial charge in [0.05, 0.1) is 5.60 Å². The number of nitrogens with two attached hydrogens (primary N) is 1. The molecule has 3 N–H and O–H groups in total. The number of hydrogen-bond donors (Lipinski definition) is 2. The summed E-state index contributed by atoms with van der Waals surface area (Å²) in [7, 11) is 0. The van der Waals surface area contributed by atoms with Crippen LogP contribution >= 0.6 is 12.4 Å². The molecule has 0 amide bonds. The zero-order valence-electron chi connectivity index (χ0n) is 8.30. The van der Waals surface area contributed by atoms with Crippen LogP contribution < -0.4 is 5.73 Å². The van der Waals surface area contributed by atoms with Crippen LogP contribution in [0, 0.1) is 5.92 Å². The number of aliphatic hydroxyl groups is 1. The lowest BCUT2D eigenvalue weighted by Gasteiger charge is -2.37. The van der Waals surface area contributed by atoms with Crippen LogP contribution in [0.2, 0.25) is 0 Å². The molecule has 0 spiro atoms. The average molecular weight is 230 g/mol. The van der Waals surface area contributed by atoms with E-state index in [9.17, 15) is 13.9 Å². The van der Waals surface area contributed by atoms with E-state index in [1.165, 1.54) is 0 Å². The molecule has 0 saturated heterocycles. The van der Waals surface area contributed by atoms with Crippen LogP contribution in [0.25, 0.3) is 0 Å². The maximum Gasteiger partial charge on any atom is 0.248 e. The van der Waals surface area contributed by atoms with Crippen molar-refractivity contribution in [1.29, 1.82) is 0 Å². The van der Waals surface area contributed by atoms with Crippen LogP contribution in [0.4, 0.5) is 8.78 Å². The zero-order chi connectivity index (χ0) is 10.1. The van der Waals surface area contributed by atoms with Gasteiger partial charge in [0.15, 0.2) is 0 Å². The van der Waals surface area contributed by atoms with E-state index in [0.717, 1.165) is 0 Å². The Morgan fingerprint density at radius 1 is 1.43 bits per heavy atom. The molecule has 0 aromatic carbocycles. The number of hydrogen-bond acceptors (Lipinski definition) is 2. The van der Waals surface area contributed by atoms with E-state index >= 15 is 0 Å². The molecule has 86 valence electrons. The number of alkyl halides is 2. The quantitative estimate of drug-likeness (QED) is 0.760. The molecule has 0 bridgehead atoms. The Kier molecular flexibility index (Phi) is 4.75. The third kappa shape index (κ3) is 3.33. The Balaban J connectivity index is 0.00000169. The van der Waals surface area contributed by atoms with E-state index in [1.807, 2.05) is 0 Å². The molecule has 1 rings (SSSR count). The van der Waals surface area contributed by atoms with Crippen molar-refractivity contribution in [3.8, 4) is 0 Å². The van der Waals surface area contributed by atoms with Gasteiger partial charge in [0.2, 0.25) is 5.92 Å². The largest absolute Gasteiger partial charge is 0.389 e. The third-order valence-electron chi connectivity index (χ3n) is 3.01. The normalized spacial score (nSPS) is 26.4. The summed E-state index contributed by atoms with van der Waals surface area (Å²) in [6.07, 6.45) is 0.510. The standard InChI is InChI=1S/C9H17F2NO.ClH/c1-8(13,6-12)7-2-4-9(10,11)5-3-7;/h7,13H,2-6,12H2,1H3;1H. The van der Waals surface area contributed by atoms with E-state index in [-0.39, 0.29) is 37.7 Å². The fourth-order valence-electron chi connectivity index (χ4n) is 1.83. The van der Waals surface area contributed by atoms with Crippen molar-refractivity contribution in [1.82, 2.24) is 0 Å². The summed E-state index contributed by atoms with van der Waals surface area (Å²) in [4.78, 5) is 0. The van der Waals surface area contributed by atoms with Crippen molar-refractivity contribution in [3.05, 3.63) is 0 Å². The monoisotopic (exact) mass is 229 g/mol. The van der Waals surface area contributed by atoms with Crippen molar-refractivity contribution >= 4 is 12.4 Å². The molecule has 1 saturated carbocycles. The molecule has 0 heterocycles. The molecule has 1 aliphatic carbocycles. The molecule has 0 radical (unpaired) electrons. The molecule has 0 aliphatic heterocycles. The van der Waals surface area contributed by atoms with Crippen molar-refractivity contribution < 1.29 is 13.9 Å². The van der Waals surface area contributed by atoms with Crippen LogP contribution in [-0.2, 0) is 0 Å². The number of rotatable bonds is 2. The first kappa shape index (κ1) is 14.1. The maximum atomic E-state index is 12.8. The smallest absolute Gasteiger partial charge is 0.248 e. The van der Waals surface area contributed by atoms with Crippen molar-refractivity contribution in [2.45, 2.75) is 44.1 Å². The van der Waals surface area contributed by atoms with Gasteiger partial charge in [-0.15, -0.1) is 12.4 Å². The molecule has 2 nitrogen and oxygen atoms in total. The van der Waals surface area contributed by atoms with E-state index in [0.29, 0.717) is 12.8 Å². The maximum absolute atomic E-state index is 12.8. The summed E-state index contributed by atoms with van der Waals surface area (Å²) in [6, 6.07) is 0. The molecular formula is C9H18ClF2NO. The fourth-order valence-corrected chi connectivity index (χ4v) is 1.83. The SMILES string of the molecule is CC(O)(CN)C1CCC(F)(F)CC1.Cl. The molecule has 1 fully saturated rings. The van der Waals surface area contributed by atoms with Crippen LogP contribution in [0.15, 0.2) is 0 Å². The van der Waals surface area contributed by atoms with Crippen LogP contribution in [-0.4, -0.2) is 23.2 Å². The molecule has 1 unspecified atom stereocenters. The summed E-state index contributed by atoms with van der Waals surface area (Å²) in [5, 5.41) is 9.75. The van der Waals surface area contributed by atoms with Gasteiger partial charge in [-0.05, 0) is 25.7 Å². The lowest BCUT2D eigenvalue weighted by Crippen LogP contribution is -2.44. The highest BCUT2D eigenvalue weighted by Gasteiger charge is 2.40. The molecule has 1 aliphatic rings. The lowest BCUT2D eigenvalue weighted by atomic mass is 9.76. The van der Waals surface area contributed by atoms with E-state index in [2.05, 4.69) is 0 Å². The van der Waals surface area contributed by atoms with Crippen molar-refractivity contribution in [2.24, 2.45) is 11.7 Å². The first-order valence-corrected chi connectivity index (χ1v) is 4.68. The highest BCUT2D eigenvalue weighted by atomic mass is 35.5. The summed E-state index contributed by atoms with van der Waals surface area (Å²) >= 11 is 0. The van der Waals surface area contributed by atoms with Crippen LogP contribution in [0.1, 0.15) is 32.6 Å². The van der Waals surface area contributed by atoms with Gasteiger partial charge in [-0.2, -0.15) is 0 Å². The van der Waals surface area contributed by atoms with E-state index in [1.54, 1.807) is 6.92 Å². The summed E-state index contributed by atoms with van der Waals surface area (Å²) < 4.78 is 25.5. The summed E-state index contributed by atoms with van der Waals surface area (Å²) in [5.41, 5.74) is 4.39. The first-order chi connectivity index (χ1) is 5.87. The van der Waals surface area contributed by atoms with Gasteiger partial charge in [0, 0.05) is 19.4 Å². The van der Waals surface area contributed by atoms with Gasteiger partial charge >= 0.3 is 0 Å². The second-order valence-corrected chi connectivity index (χ2v) is 4.19. The zero-order valence-corrected chi connectivity index (χ0v) is 9.12. The summed E-state index contributed by atoms with van der Waals surface area (Å²) in [6.45, 7) is 1.77. The van der Waals surface area contributed by atoms with Crippen LogP contribution in [0.5, 0.6) is 0 Å². The van der Waals surface area contributed by atoms with Gasteiger partial charge in [-0.25, -0.2) is 8.78 Å². The lowest BCUT2D eigenvalue weighted by molar-refractivity contribution is -0.0845. The minimum atomic E-state index is -2.53. The Bertz CT molecular complexity index is 178. The average Bonchev–Trinajstić information content (AvgIpc) is 2.04. The van der Waals surface area contributed by atoms with Crippen molar-refractivity contribution in [3.63, 3.8) is 0 Å². The topological polar surface area (TPSA) is 46.2 Å². The fraction of sp³-hybridized carbons (Fsp3) is 1.00. The predicted octanol–water partition coefficient (Wildman–Crippen LogP) is 1.94. The van der Waals surface area contributed by atoms with Gasteiger partial charge in [0.1, 0.15) is 0 Å². The second kappa shape index (κ2) is 4.73.